The zero-order valence-electron chi connectivity index (χ0n) is 11.0. The summed E-state index contributed by atoms with van der Waals surface area (Å²) in [5.74, 6) is -0.259. The molecule has 0 saturated carbocycles. The Morgan fingerprint density at radius 3 is 2.89 bits per heavy atom. The molecule has 3 atom stereocenters. The Morgan fingerprint density at radius 1 is 1.44 bits per heavy atom. The maximum atomic E-state index is 11.6. The number of aliphatic hydroxyl groups is 1. The average Bonchev–Trinajstić information content (AvgIpc) is 2.59. The largest absolute Gasteiger partial charge is 0.454 e. The fraction of sp³-hybridized carbons (Fsp3) is 0.533. The van der Waals surface area contributed by atoms with Crippen molar-refractivity contribution in [2.75, 3.05) is 0 Å². The lowest BCUT2D eigenvalue weighted by molar-refractivity contribution is -0.137. The van der Waals surface area contributed by atoms with Crippen LogP contribution in [0.25, 0.3) is 0 Å². The maximum Gasteiger partial charge on any atom is 0.334 e. The Balaban J connectivity index is 2.29. The van der Waals surface area contributed by atoms with Crippen molar-refractivity contribution in [2.45, 2.75) is 45.3 Å². The predicted molar refractivity (Wildman–Crippen MR) is 69.9 cm³/mol. The van der Waals surface area contributed by atoms with Crippen molar-refractivity contribution in [1.82, 2.24) is 0 Å². The van der Waals surface area contributed by atoms with E-state index in [4.69, 9.17) is 4.74 Å². The molecule has 1 aliphatic heterocycles. The lowest BCUT2D eigenvalue weighted by atomic mass is 9.88. The van der Waals surface area contributed by atoms with Crippen LogP contribution in [0.5, 0.6) is 0 Å². The van der Waals surface area contributed by atoms with Gasteiger partial charge in [0.2, 0.25) is 0 Å². The monoisotopic (exact) mass is 248 g/mol. The van der Waals surface area contributed by atoms with E-state index < -0.39 is 6.10 Å². The topological polar surface area (TPSA) is 46.5 Å². The second kappa shape index (κ2) is 5.11. The van der Waals surface area contributed by atoms with Crippen molar-refractivity contribution < 1.29 is 14.6 Å². The van der Waals surface area contributed by atoms with E-state index in [0.717, 1.165) is 18.4 Å². The molecule has 0 unspecified atom stereocenters. The summed E-state index contributed by atoms with van der Waals surface area (Å²) in [5, 5.41) is 9.99. The molecule has 1 N–H and O–H groups in total. The third-order valence-electron chi connectivity index (χ3n) is 3.84. The van der Waals surface area contributed by atoms with Crippen molar-refractivity contribution in [3.63, 3.8) is 0 Å². The van der Waals surface area contributed by atoms with Crippen LogP contribution in [0, 0.1) is 5.92 Å². The van der Waals surface area contributed by atoms with Crippen molar-refractivity contribution in [2.24, 2.45) is 5.92 Å². The van der Waals surface area contributed by atoms with Crippen LogP contribution in [-0.4, -0.2) is 23.3 Å². The summed E-state index contributed by atoms with van der Waals surface area (Å²) < 4.78 is 5.32. The van der Waals surface area contributed by atoms with E-state index in [0.29, 0.717) is 12.0 Å². The van der Waals surface area contributed by atoms with Crippen LogP contribution in [0.3, 0.4) is 0 Å². The molecule has 0 radical (unpaired) electrons. The van der Waals surface area contributed by atoms with E-state index in [-0.39, 0.29) is 18.0 Å². The molecule has 0 spiro atoms. The molecule has 0 aromatic heterocycles. The minimum absolute atomic E-state index is 0.0427. The highest BCUT2D eigenvalue weighted by molar-refractivity contribution is 5.91. The molecular formula is C15H20O3. The first-order valence-electron chi connectivity index (χ1n) is 6.41. The van der Waals surface area contributed by atoms with Crippen LogP contribution < -0.4 is 0 Å². The summed E-state index contributed by atoms with van der Waals surface area (Å²) in [6.07, 6.45) is 5.61. The Morgan fingerprint density at radius 2 is 2.17 bits per heavy atom. The predicted octanol–water partition coefficient (Wildman–Crippen LogP) is 2.52. The van der Waals surface area contributed by atoms with Gasteiger partial charge in [0.25, 0.3) is 0 Å². The maximum absolute atomic E-state index is 11.6. The number of carbonyl (C=O) groups excluding carboxylic acids is 1. The van der Waals surface area contributed by atoms with E-state index in [1.807, 2.05) is 13.0 Å². The highest BCUT2D eigenvalue weighted by atomic mass is 16.5. The lowest BCUT2D eigenvalue weighted by Crippen LogP contribution is -2.18. The highest BCUT2D eigenvalue weighted by Gasteiger charge is 2.37. The molecule has 1 fully saturated rings. The number of aliphatic hydroxyl groups excluding tert-OH is 1. The summed E-state index contributed by atoms with van der Waals surface area (Å²) >= 11 is 0. The Hall–Kier alpha value is -1.35. The van der Waals surface area contributed by atoms with Crippen LogP contribution in [0.15, 0.2) is 35.5 Å². The number of hydrogen-bond acceptors (Lipinski definition) is 3. The minimum Gasteiger partial charge on any atom is -0.454 e. The third kappa shape index (κ3) is 2.56. The highest BCUT2D eigenvalue weighted by Crippen LogP contribution is 2.34. The Bertz CT molecular complexity index is 431. The average molecular weight is 248 g/mol. The normalized spacial score (nSPS) is 39.2. The molecule has 1 aliphatic carbocycles. The van der Waals surface area contributed by atoms with Crippen molar-refractivity contribution in [3.8, 4) is 0 Å². The second-order valence-corrected chi connectivity index (χ2v) is 5.25. The Kier molecular flexibility index (Phi) is 3.71. The van der Waals surface area contributed by atoms with Gasteiger partial charge in [-0.1, -0.05) is 18.2 Å². The van der Waals surface area contributed by atoms with Gasteiger partial charge in [-0.25, -0.2) is 4.79 Å². The fourth-order valence-corrected chi connectivity index (χ4v) is 2.47. The van der Waals surface area contributed by atoms with Gasteiger partial charge in [-0.2, -0.15) is 0 Å². The van der Waals surface area contributed by atoms with Crippen LogP contribution in [0.2, 0.25) is 0 Å². The molecule has 18 heavy (non-hydrogen) atoms. The standard InChI is InChI=1S/C15H20O3/c1-9-4-6-12-11(3)15(17)18-14(12)8-10(2)13(16)7-5-9/h5,8,12-14,16H,3-4,6-7H2,1-2H3/b9-5+,10-8+/t12-,13+,14+/m0/s1. The van der Waals surface area contributed by atoms with Gasteiger partial charge in [-0.15, -0.1) is 0 Å². The van der Waals surface area contributed by atoms with E-state index in [1.165, 1.54) is 5.57 Å². The number of hydrogen-bond donors (Lipinski definition) is 1. The summed E-state index contributed by atoms with van der Waals surface area (Å²) in [5.41, 5.74) is 2.67. The molecule has 0 bridgehead atoms. The van der Waals surface area contributed by atoms with Gasteiger partial charge in [-0.3, -0.25) is 0 Å². The number of carbonyl (C=O) groups is 1. The second-order valence-electron chi connectivity index (χ2n) is 5.25. The molecule has 0 aromatic rings. The summed E-state index contributed by atoms with van der Waals surface area (Å²) in [4.78, 5) is 11.6. The SMILES string of the molecule is C=C1C(=O)O[C@@H]2/C=C(\C)[C@H](O)C/C=C(\C)CC[C@@H]12. The molecule has 3 nitrogen and oxygen atoms in total. The van der Waals surface area contributed by atoms with Crippen LogP contribution in [0.4, 0.5) is 0 Å². The van der Waals surface area contributed by atoms with Crippen molar-refractivity contribution in [3.05, 3.63) is 35.5 Å². The van der Waals surface area contributed by atoms with Gasteiger partial charge in [0.05, 0.1) is 6.10 Å². The van der Waals surface area contributed by atoms with E-state index in [1.54, 1.807) is 0 Å². The number of fused-ring (bicyclic) bond motifs is 1. The van der Waals surface area contributed by atoms with Gasteiger partial charge in [-0.05, 0) is 44.8 Å². The quantitative estimate of drug-likeness (QED) is 0.407. The fourth-order valence-electron chi connectivity index (χ4n) is 2.47. The number of allylic oxidation sites excluding steroid dienone is 1. The minimum atomic E-state index is -0.494. The first kappa shape index (κ1) is 13.1. The smallest absolute Gasteiger partial charge is 0.334 e. The van der Waals surface area contributed by atoms with Crippen molar-refractivity contribution >= 4 is 5.97 Å². The number of esters is 1. The van der Waals surface area contributed by atoms with Gasteiger partial charge >= 0.3 is 5.97 Å². The van der Waals surface area contributed by atoms with Crippen LogP contribution in [0.1, 0.15) is 33.1 Å². The summed E-state index contributed by atoms with van der Waals surface area (Å²) in [7, 11) is 0. The molecule has 3 heteroatoms. The molecule has 1 heterocycles. The Labute approximate surface area is 108 Å². The van der Waals surface area contributed by atoms with Gasteiger partial charge in [0.1, 0.15) is 6.10 Å². The first-order valence-corrected chi connectivity index (χ1v) is 6.41. The lowest BCUT2D eigenvalue weighted by Gasteiger charge is -2.19. The van der Waals surface area contributed by atoms with Crippen molar-refractivity contribution in [1.29, 1.82) is 0 Å². The van der Waals surface area contributed by atoms with Gasteiger partial charge in [0, 0.05) is 11.5 Å². The van der Waals surface area contributed by atoms with Crippen LogP contribution >= 0.6 is 0 Å². The molecule has 2 rings (SSSR count). The van der Waals surface area contributed by atoms with E-state index in [2.05, 4.69) is 19.6 Å². The zero-order valence-corrected chi connectivity index (χ0v) is 11.0. The molecule has 0 amide bonds. The van der Waals surface area contributed by atoms with Crippen LogP contribution in [-0.2, 0) is 9.53 Å². The summed E-state index contributed by atoms with van der Waals surface area (Å²) in [6, 6.07) is 0. The third-order valence-corrected chi connectivity index (χ3v) is 3.84. The molecule has 0 aromatic carbocycles. The van der Waals surface area contributed by atoms with Gasteiger partial charge in [0.15, 0.2) is 0 Å². The van der Waals surface area contributed by atoms with E-state index >= 15 is 0 Å². The first-order chi connectivity index (χ1) is 8.49. The van der Waals surface area contributed by atoms with Gasteiger partial charge < -0.3 is 9.84 Å². The zero-order chi connectivity index (χ0) is 13.3. The molecule has 98 valence electrons. The molecule has 1 saturated heterocycles. The number of rotatable bonds is 0. The number of ether oxygens (including phenoxy) is 1. The molecular weight excluding hydrogens is 228 g/mol. The summed E-state index contributed by atoms with van der Waals surface area (Å²) in [6.45, 7) is 7.76. The molecule has 2 aliphatic rings. The van der Waals surface area contributed by atoms with E-state index in [9.17, 15) is 9.90 Å².